The van der Waals surface area contributed by atoms with Gasteiger partial charge in [-0.2, -0.15) is 4.98 Å². The van der Waals surface area contributed by atoms with Crippen LogP contribution in [0.25, 0.3) is 0 Å². The molecule has 1 fully saturated rings. The molecule has 2 N–H and O–H groups in total. The van der Waals surface area contributed by atoms with Gasteiger partial charge in [0, 0.05) is 37.1 Å². The molecule has 7 heteroatoms. The lowest BCUT2D eigenvalue weighted by Gasteiger charge is -2.21. The highest BCUT2D eigenvalue weighted by atomic mass is 35.5. The second-order valence-electron chi connectivity index (χ2n) is 5.42. The van der Waals surface area contributed by atoms with E-state index in [1.54, 1.807) is 12.1 Å². The van der Waals surface area contributed by atoms with Crippen LogP contribution in [-0.2, 0) is 0 Å². The van der Waals surface area contributed by atoms with E-state index in [1.165, 1.54) is 12.1 Å². The molecule has 3 rings (SSSR count). The molecular weight excluding hydrogens is 317 g/mol. The number of halogens is 2. The first-order valence-electron chi connectivity index (χ1n) is 7.55. The van der Waals surface area contributed by atoms with Crippen molar-refractivity contribution in [2.75, 3.05) is 36.4 Å². The Kier molecular flexibility index (Phi) is 6.12. The molecule has 0 saturated carbocycles. The van der Waals surface area contributed by atoms with Crippen LogP contribution in [-0.4, -0.2) is 36.1 Å². The van der Waals surface area contributed by atoms with Crippen molar-refractivity contribution in [1.82, 2.24) is 15.3 Å². The zero-order valence-electron chi connectivity index (χ0n) is 13.1. The van der Waals surface area contributed by atoms with Crippen LogP contribution in [0.5, 0.6) is 0 Å². The molecule has 0 atom stereocenters. The first kappa shape index (κ1) is 17.4. The van der Waals surface area contributed by atoms with Gasteiger partial charge in [0.05, 0.1) is 0 Å². The van der Waals surface area contributed by atoms with E-state index in [4.69, 9.17) is 0 Å². The van der Waals surface area contributed by atoms with Crippen LogP contribution in [0.4, 0.5) is 21.8 Å². The van der Waals surface area contributed by atoms with Crippen molar-refractivity contribution in [2.45, 2.75) is 13.3 Å². The third-order valence-electron chi connectivity index (χ3n) is 3.58. The van der Waals surface area contributed by atoms with Gasteiger partial charge in [-0.25, -0.2) is 9.37 Å². The van der Waals surface area contributed by atoms with E-state index >= 15 is 0 Å². The van der Waals surface area contributed by atoms with E-state index in [-0.39, 0.29) is 18.2 Å². The number of nitrogens with one attached hydrogen (secondary N) is 2. The van der Waals surface area contributed by atoms with E-state index in [2.05, 4.69) is 25.5 Å². The zero-order chi connectivity index (χ0) is 15.4. The topological polar surface area (TPSA) is 53.1 Å². The minimum absolute atomic E-state index is 0. The molecule has 1 saturated heterocycles. The summed E-state index contributed by atoms with van der Waals surface area (Å²) in [5.41, 5.74) is 1.72. The molecule has 2 aromatic rings. The van der Waals surface area contributed by atoms with Crippen molar-refractivity contribution >= 4 is 29.9 Å². The Hall–Kier alpha value is -1.92. The Labute approximate surface area is 141 Å². The van der Waals surface area contributed by atoms with E-state index in [1.807, 2.05) is 13.0 Å². The van der Waals surface area contributed by atoms with E-state index in [9.17, 15) is 4.39 Å². The summed E-state index contributed by atoms with van der Waals surface area (Å²) >= 11 is 0. The highest BCUT2D eigenvalue weighted by Gasteiger charge is 2.13. The number of hydrogen-bond donors (Lipinski definition) is 2. The van der Waals surface area contributed by atoms with Crippen LogP contribution in [0.3, 0.4) is 0 Å². The molecule has 1 aliphatic rings. The molecule has 124 valence electrons. The maximum atomic E-state index is 13.0. The number of aryl methyl sites for hydroxylation is 1. The normalized spacial score (nSPS) is 14.8. The summed E-state index contributed by atoms with van der Waals surface area (Å²) < 4.78 is 13.0. The van der Waals surface area contributed by atoms with Gasteiger partial charge in [-0.05, 0) is 44.2 Å². The van der Waals surface area contributed by atoms with Gasteiger partial charge in [0.2, 0.25) is 5.95 Å². The first-order valence-corrected chi connectivity index (χ1v) is 7.55. The highest BCUT2D eigenvalue weighted by Crippen LogP contribution is 2.19. The number of anilines is 3. The molecule has 5 nitrogen and oxygen atoms in total. The fourth-order valence-corrected chi connectivity index (χ4v) is 2.49. The quantitative estimate of drug-likeness (QED) is 0.902. The fraction of sp³-hybridized carbons (Fsp3) is 0.375. The molecule has 0 bridgehead atoms. The average Bonchev–Trinajstić information content (AvgIpc) is 2.78. The van der Waals surface area contributed by atoms with Gasteiger partial charge in [-0.15, -0.1) is 12.4 Å². The van der Waals surface area contributed by atoms with Crippen LogP contribution in [0.2, 0.25) is 0 Å². The van der Waals surface area contributed by atoms with Crippen molar-refractivity contribution < 1.29 is 4.39 Å². The molecule has 23 heavy (non-hydrogen) atoms. The number of nitrogens with zero attached hydrogens (tertiary/aromatic N) is 3. The number of aromatic nitrogens is 2. The summed E-state index contributed by atoms with van der Waals surface area (Å²) in [4.78, 5) is 11.3. The van der Waals surface area contributed by atoms with Gasteiger partial charge in [-0.1, -0.05) is 0 Å². The van der Waals surface area contributed by atoms with Gasteiger partial charge in [0.15, 0.2) is 0 Å². The Bertz CT molecular complexity index is 627. The standard InChI is InChI=1S/C16H20FN5.ClH/c1-12-11-15(20-14-5-3-13(17)4-6-14)21-16(19-12)22-9-2-7-18-8-10-22;/h3-6,11,18H,2,7-10H2,1H3,(H,19,20,21);1H. The maximum absolute atomic E-state index is 13.0. The Balaban J connectivity index is 0.00000192. The summed E-state index contributed by atoms with van der Waals surface area (Å²) in [6.45, 7) is 5.78. The molecule has 0 unspecified atom stereocenters. The second-order valence-corrected chi connectivity index (χ2v) is 5.42. The first-order chi connectivity index (χ1) is 10.7. The highest BCUT2D eigenvalue weighted by molar-refractivity contribution is 5.85. The smallest absolute Gasteiger partial charge is 0.227 e. The maximum Gasteiger partial charge on any atom is 0.227 e. The van der Waals surface area contributed by atoms with Gasteiger partial charge in [0.1, 0.15) is 11.6 Å². The summed E-state index contributed by atoms with van der Waals surface area (Å²) in [5, 5.41) is 6.58. The van der Waals surface area contributed by atoms with E-state index < -0.39 is 0 Å². The molecular formula is C16H21ClFN5. The lowest BCUT2D eigenvalue weighted by atomic mass is 10.3. The summed E-state index contributed by atoms with van der Waals surface area (Å²) in [7, 11) is 0. The van der Waals surface area contributed by atoms with Crippen molar-refractivity contribution in [2.24, 2.45) is 0 Å². The van der Waals surface area contributed by atoms with Crippen molar-refractivity contribution in [1.29, 1.82) is 0 Å². The van der Waals surface area contributed by atoms with Gasteiger partial charge >= 0.3 is 0 Å². The predicted octanol–water partition coefficient (Wildman–Crippen LogP) is 2.89. The number of benzene rings is 1. The summed E-state index contributed by atoms with van der Waals surface area (Å²) in [6, 6.07) is 8.14. The van der Waals surface area contributed by atoms with Crippen molar-refractivity contribution in [3.63, 3.8) is 0 Å². The van der Waals surface area contributed by atoms with E-state index in [0.29, 0.717) is 0 Å². The van der Waals surface area contributed by atoms with Crippen LogP contribution in [0, 0.1) is 12.7 Å². The molecule has 0 spiro atoms. The summed E-state index contributed by atoms with van der Waals surface area (Å²) in [5.74, 6) is 1.22. The molecule has 0 radical (unpaired) electrons. The minimum atomic E-state index is -0.248. The molecule has 1 aromatic heterocycles. The number of hydrogen-bond acceptors (Lipinski definition) is 5. The van der Waals surface area contributed by atoms with Gasteiger partial charge in [-0.3, -0.25) is 0 Å². The van der Waals surface area contributed by atoms with Crippen LogP contribution in [0.1, 0.15) is 12.1 Å². The zero-order valence-corrected chi connectivity index (χ0v) is 13.9. The van der Waals surface area contributed by atoms with Crippen LogP contribution >= 0.6 is 12.4 Å². The molecule has 1 aliphatic heterocycles. The predicted molar refractivity (Wildman–Crippen MR) is 93.4 cm³/mol. The minimum Gasteiger partial charge on any atom is -0.340 e. The van der Waals surface area contributed by atoms with Gasteiger partial charge in [0.25, 0.3) is 0 Å². The summed E-state index contributed by atoms with van der Waals surface area (Å²) in [6.07, 6.45) is 1.08. The third-order valence-corrected chi connectivity index (χ3v) is 3.58. The number of rotatable bonds is 3. The third kappa shape index (κ3) is 4.77. The average molecular weight is 338 g/mol. The largest absolute Gasteiger partial charge is 0.340 e. The lowest BCUT2D eigenvalue weighted by molar-refractivity contribution is 0.628. The monoisotopic (exact) mass is 337 g/mol. The molecule has 2 heterocycles. The lowest BCUT2D eigenvalue weighted by Crippen LogP contribution is -2.29. The molecule has 1 aromatic carbocycles. The van der Waals surface area contributed by atoms with Crippen molar-refractivity contribution in [3.8, 4) is 0 Å². The fourth-order valence-electron chi connectivity index (χ4n) is 2.49. The Morgan fingerprint density at radius 2 is 1.91 bits per heavy atom. The Morgan fingerprint density at radius 1 is 1.13 bits per heavy atom. The van der Waals surface area contributed by atoms with E-state index in [0.717, 1.165) is 55.7 Å². The van der Waals surface area contributed by atoms with Crippen molar-refractivity contribution in [3.05, 3.63) is 41.8 Å². The Morgan fingerprint density at radius 3 is 2.70 bits per heavy atom. The second kappa shape index (κ2) is 8.08. The SMILES string of the molecule is Cc1cc(Nc2ccc(F)cc2)nc(N2CCCNCC2)n1.Cl. The van der Waals surface area contributed by atoms with Gasteiger partial charge < -0.3 is 15.5 Å². The van der Waals surface area contributed by atoms with Crippen LogP contribution in [0.15, 0.2) is 30.3 Å². The molecule has 0 aliphatic carbocycles. The molecule has 0 amide bonds. The van der Waals surface area contributed by atoms with Crippen LogP contribution < -0.4 is 15.5 Å².